The normalized spacial score (nSPS) is 28.8. The monoisotopic (exact) mass is 205 g/mol. The van der Waals surface area contributed by atoms with E-state index in [1.165, 1.54) is 0 Å². The Bertz CT molecular complexity index is 256. The molecule has 0 spiro atoms. The van der Waals surface area contributed by atoms with Gasteiger partial charge in [0.1, 0.15) is 0 Å². The molecule has 0 bridgehead atoms. The van der Waals surface area contributed by atoms with Gasteiger partial charge in [-0.1, -0.05) is 0 Å². The van der Waals surface area contributed by atoms with Crippen molar-refractivity contribution in [2.45, 2.75) is 31.7 Å². The quantitative estimate of drug-likeness (QED) is 0.728. The minimum Gasteiger partial charge on any atom is -0.379 e. The summed E-state index contributed by atoms with van der Waals surface area (Å²) in [6.07, 6.45) is -0.453. The third-order valence-electron chi connectivity index (χ3n) is 2.81. The van der Waals surface area contributed by atoms with Crippen LogP contribution in [0.3, 0.4) is 0 Å². The van der Waals surface area contributed by atoms with Crippen molar-refractivity contribution in [1.82, 2.24) is 5.32 Å². The van der Waals surface area contributed by atoms with Gasteiger partial charge in [-0.3, -0.25) is 4.79 Å². The van der Waals surface area contributed by atoms with Gasteiger partial charge >= 0.3 is 0 Å². The first-order chi connectivity index (χ1) is 6.41. The van der Waals surface area contributed by atoms with Gasteiger partial charge in [0, 0.05) is 18.9 Å². The average Bonchev–Trinajstić information content (AvgIpc) is 1.96. The van der Waals surface area contributed by atoms with Gasteiger partial charge in [0.2, 0.25) is 5.91 Å². The first kappa shape index (κ1) is 9.83. The van der Waals surface area contributed by atoms with Crippen LogP contribution in [0.5, 0.6) is 0 Å². The van der Waals surface area contributed by atoms with E-state index in [0.717, 1.165) is 0 Å². The van der Waals surface area contributed by atoms with Crippen LogP contribution in [0, 0.1) is 5.41 Å². The van der Waals surface area contributed by atoms with Gasteiger partial charge in [-0.15, -0.1) is 0 Å². The Morgan fingerprint density at radius 1 is 1.43 bits per heavy atom. The van der Waals surface area contributed by atoms with Crippen molar-refractivity contribution in [3.05, 3.63) is 0 Å². The SMILES string of the molecule is CC1(C(=O)NC2CC(F)(F)C2)COC1. The van der Waals surface area contributed by atoms with Crippen molar-refractivity contribution in [2.75, 3.05) is 13.2 Å². The van der Waals surface area contributed by atoms with Gasteiger partial charge in [0.05, 0.1) is 18.6 Å². The predicted octanol–water partition coefficient (Wildman–Crippen LogP) is 0.937. The molecule has 1 saturated carbocycles. The number of hydrogen-bond acceptors (Lipinski definition) is 2. The summed E-state index contributed by atoms with van der Waals surface area (Å²) >= 11 is 0. The van der Waals surface area contributed by atoms with Crippen LogP contribution in [-0.4, -0.2) is 31.1 Å². The first-order valence-corrected chi connectivity index (χ1v) is 4.68. The molecule has 1 saturated heterocycles. The van der Waals surface area contributed by atoms with Crippen LogP contribution in [-0.2, 0) is 9.53 Å². The molecule has 1 aliphatic heterocycles. The summed E-state index contributed by atoms with van der Waals surface area (Å²) in [5, 5.41) is 2.62. The Morgan fingerprint density at radius 2 is 2.00 bits per heavy atom. The number of amides is 1. The first-order valence-electron chi connectivity index (χ1n) is 4.68. The number of halogens is 2. The second kappa shape index (κ2) is 2.89. The van der Waals surface area contributed by atoms with Gasteiger partial charge in [-0.05, 0) is 6.92 Å². The van der Waals surface area contributed by atoms with Crippen LogP contribution in [0.15, 0.2) is 0 Å². The zero-order valence-electron chi connectivity index (χ0n) is 7.98. The summed E-state index contributed by atoms with van der Waals surface area (Å²) < 4.78 is 29.8. The Balaban J connectivity index is 1.79. The topological polar surface area (TPSA) is 38.3 Å². The molecule has 0 aromatic rings. The van der Waals surface area contributed by atoms with Crippen molar-refractivity contribution in [3.8, 4) is 0 Å². The number of rotatable bonds is 2. The molecule has 3 nitrogen and oxygen atoms in total. The average molecular weight is 205 g/mol. The van der Waals surface area contributed by atoms with Gasteiger partial charge in [-0.2, -0.15) is 0 Å². The second-order valence-corrected chi connectivity index (χ2v) is 4.49. The lowest BCUT2D eigenvalue weighted by molar-refractivity contribution is -0.162. The Morgan fingerprint density at radius 3 is 2.36 bits per heavy atom. The Kier molecular flexibility index (Phi) is 2.03. The summed E-state index contributed by atoms with van der Waals surface area (Å²) in [7, 11) is 0. The van der Waals surface area contributed by atoms with Crippen molar-refractivity contribution in [1.29, 1.82) is 0 Å². The summed E-state index contributed by atoms with van der Waals surface area (Å²) in [6.45, 7) is 2.56. The summed E-state index contributed by atoms with van der Waals surface area (Å²) in [5.74, 6) is -2.74. The molecular formula is C9H13F2NO2. The van der Waals surface area contributed by atoms with Gasteiger partial charge in [0.15, 0.2) is 0 Å². The molecule has 2 aliphatic rings. The van der Waals surface area contributed by atoms with Crippen molar-refractivity contribution >= 4 is 5.91 Å². The third kappa shape index (κ3) is 1.61. The van der Waals surface area contributed by atoms with Crippen molar-refractivity contribution in [2.24, 2.45) is 5.41 Å². The van der Waals surface area contributed by atoms with E-state index >= 15 is 0 Å². The summed E-state index contributed by atoms with van der Waals surface area (Å²) in [6, 6.07) is -0.352. The van der Waals surface area contributed by atoms with Gasteiger partial charge < -0.3 is 10.1 Å². The largest absolute Gasteiger partial charge is 0.379 e. The molecule has 14 heavy (non-hydrogen) atoms. The standard InChI is InChI=1S/C9H13F2NO2/c1-8(4-14-5-8)7(13)12-6-2-9(10,11)3-6/h6H,2-5H2,1H3,(H,12,13). The van der Waals surface area contributed by atoms with Crippen LogP contribution in [0.4, 0.5) is 8.78 Å². The van der Waals surface area contributed by atoms with Crippen molar-refractivity contribution in [3.63, 3.8) is 0 Å². The molecule has 1 amide bonds. The molecular weight excluding hydrogens is 192 g/mol. The van der Waals surface area contributed by atoms with E-state index in [0.29, 0.717) is 13.2 Å². The number of hydrogen-bond donors (Lipinski definition) is 1. The van der Waals surface area contributed by atoms with E-state index in [9.17, 15) is 13.6 Å². The molecule has 2 rings (SSSR count). The highest BCUT2D eigenvalue weighted by atomic mass is 19.3. The number of carbonyl (C=O) groups excluding carboxylic acids is 1. The number of carbonyl (C=O) groups is 1. The van der Waals surface area contributed by atoms with Crippen LogP contribution >= 0.6 is 0 Å². The molecule has 1 heterocycles. The molecule has 1 aliphatic carbocycles. The second-order valence-electron chi connectivity index (χ2n) is 4.49. The number of nitrogens with one attached hydrogen (secondary N) is 1. The molecule has 2 fully saturated rings. The zero-order valence-corrected chi connectivity index (χ0v) is 7.98. The van der Waals surface area contributed by atoms with E-state index in [1.54, 1.807) is 6.92 Å². The number of alkyl halides is 2. The minimum absolute atomic E-state index is 0.163. The fourth-order valence-electron chi connectivity index (χ4n) is 1.66. The highest BCUT2D eigenvalue weighted by molar-refractivity contribution is 5.83. The van der Waals surface area contributed by atoms with Crippen LogP contribution in [0.1, 0.15) is 19.8 Å². The maximum absolute atomic E-state index is 12.5. The van der Waals surface area contributed by atoms with Gasteiger partial charge in [-0.25, -0.2) is 8.78 Å². The lowest BCUT2D eigenvalue weighted by Gasteiger charge is -2.41. The van der Waals surface area contributed by atoms with E-state index in [4.69, 9.17) is 4.74 Å². The lowest BCUT2D eigenvalue weighted by Crippen LogP contribution is -2.58. The van der Waals surface area contributed by atoms with E-state index in [2.05, 4.69) is 5.32 Å². The highest BCUT2D eigenvalue weighted by Crippen LogP contribution is 2.38. The maximum Gasteiger partial charge on any atom is 0.252 e. The fraction of sp³-hybridized carbons (Fsp3) is 0.889. The third-order valence-corrected chi connectivity index (χ3v) is 2.81. The Hall–Kier alpha value is -0.710. The predicted molar refractivity (Wildman–Crippen MR) is 45.0 cm³/mol. The smallest absolute Gasteiger partial charge is 0.252 e. The zero-order chi connectivity index (χ0) is 10.4. The van der Waals surface area contributed by atoms with Crippen LogP contribution in [0.2, 0.25) is 0 Å². The van der Waals surface area contributed by atoms with Gasteiger partial charge in [0.25, 0.3) is 5.92 Å². The van der Waals surface area contributed by atoms with Crippen LogP contribution < -0.4 is 5.32 Å². The summed E-state index contributed by atoms with van der Waals surface area (Å²) in [4.78, 5) is 11.5. The highest BCUT2D eigenvalue weighted by Gasteiger charge is 2.49. The maximum atomic E-state index is 12.5. The summed E-state index contributed by atoms with van der Waals surface area (Å²) in [5.41, 5.74) is -0.495. The molecule has 1 N–H and O–H groups in total. The molecule has 0 unspecified atom stereocenters. The molecule has 80 valence electrons. The molecule has 0 radical (unpaired) electrons. The van der Waals surface area contributed by atoms with E-state index in [1.807, 2.05) is 0 Å². The fourth-order valence-corrected chi connectivity index (χ4v) is 1.66. The van der Waals surface area contributed by atoms with Crippen molar-refractivity contribution < 1.29 is 18.3 Å². The molecule has 0 aromatic heterocycles. The lowest BCUT2D eigenvalue weighted by atomic mass is 9.84. The number of ether oxygens (including phenoxy) is 1. The molecule has 0 atom stereocenters. The minimum atomic E-state index is -2.57. The molecule has 5 heteroatoms. The Labute approximate surface area is 80.8 Å². The van der Waals surface area contributed by atoms with E-state index < -0.39 is 11.3 Å². The van der Waals surface area contributed by atoms with Crippen LogP contribution in [0.25, 0.3) is 0 Å². The van der Waals surface area contributed by atoms with E-state index in [-0.39, 0.29) is 24.8 Å². The molecule has 0 aromatic carbocycles.